The maximum Gasteiger partial charge on any atom is 0.142 e. The van der Waals surface area contributed by atoms with Crippen LogP contribution in [0.3, 0.4) is 0 Å². The zero-order chi connectivity index (χ0) is 19.1. The van der Waals surface area contributed by atoms with Crippen LogP contribution in [0.5, 0.6) is 0 Å². The van der Waals surface area contributed by atoms with Crippen molar-refractivity contribution in [2.75, 3.05) is 12.3 Å². The van der Waals surface area contributed by atoms with Crippen molar-refractivity contribution >= 4 is 11.4 Å². The fourth-order valence-corrected chi connectivity index (χ4v) is 3.78. The third kappa shape index (κ3) is 5.57. The molecule has 0 heterocycles. The number of nitrogens with two attached hydrogens (primary N) is 1. The summed E-state index contributed by atoms with van der Waals surface area (Å²) in [4.78, 5) is 5.74. The molecule has 3 rings (SSSR count). The lowest BCUT2D eigenvalue weighted by molar-refractivity contribution is 0.127. The van der Waals surface area contributed by atoms with E-state index in [0.29, 0.717) is 25.0 Å². The minimum Gasteiger partial charge on any atom is -0.399 e. The van der Waals surface area contributed by atoms with Crippen molar-refractivity contribution in [2.45, 2.75) is 45.6 Å². The molecule has 1 aliphatic rings. The molecule has 3 N–H and O–H groups in total. The Balaban J connectivity index is 1.71. The Morgan fingerprint density at radius 1 is 1.04 bits per heavy atom. The van der Waals surface area contributed by atoms with Crippen molar-refractivity contribution in [3.8, 4) is 0 Å². The van der Waals surface area contributed by atoms with E-state index in [1.807, 2.05) is 24.3 Å². The van der Waals surface area contributed by atoms with Gasteiger partial charge in [0, 0.05) is 18.2 Å². The van der Waals surface area contributed by atoms with Gasteiger partial charge in [-0.15, -0.1) is 0 Å². The number of aliphatic hydroxyl groups excluding tert-OH is 1. The molecule has 0 atom stereocenters. The van der Waals surface area contributed by atoms with Crippen LogP contribution in [-0.4, -0.2) is 17.4 Å². The summed E-state index contributed by atoms with van der Waals surface area (Å²) < 4.78 is 0. The predicted octanol–water partition coefficient (Wildman–Crippen LogP) is 4.69. The number of nitrogen functional groups attached to an aromatic ring is 1. The Hall–Kier alpha value is -2.33. The van der Waals surface area contributed by atoms with Crippen LogP contribution in [0.4, 0.5) is 5.69 Å². The van der Waals surface area contributed by atoms with Gasteiger partial charge >= 0.3 is 0 Å². The van der Waals surface area contributed by atoms with E-state index in [1.165, 1.54) is 5.56 Å². The minimum absolute atomic E-state index is 0.291. The summed E-state index contributed by atoms with van der Waals surface area (Å²) in [5.74, 6) is 1.05. The van der Waals surface area contributed by atoms with E-state index in [1.54, 1.807) is 0 Å². The fraction of sp³-hybridized carbons (Fsp3) is 0.435. The molecule has 27 heavy (non-hydrogen) atoms. The Kier molecular flexibility index (Phi) is 6.88. The molecule has 0 aliphatic heterocycles. The van der Waals surface area contributed by atoms with E-state index in [0.717, 1.165) is 54.6 Å². The van der Waals surface area contributed by atoms with Gasteiger partial charge in [0.2, 0.25) is 0 Å². The Morgan fingerprint density at radius 2 is 1.70 bits per heavy atom. The average molecular weight is 367 g/mol. The highest BCUT2D eigenvalue weighted by molar-refractivity contribution is 6.02. The Morgan fingerprint density at radius 3 is 2.33 bits per heavy atom. The van der Waals surface area contributed by atoms with Gasteiger partial charge in [-0.25, -0.2) is 0 Å². The molecule has 1 fully saturated rings. The predicted molar refractivity (Wildman–Crippen MR) is 111 cm³/mol. The monoisotopic (exact) mass is 366 g/mol. The SMILES string of the molecule is Cc1ccc(/C(=N/OCc2ccc(N)cc2)C2CCC(CCO)CC2)cc1. The molecule has 4 heteroatoms. The van der Waals surface area contributed by atoms with Crippen LogP contribution in [0, 0.1) is 18.8 Å². The van der Waals surface area contributed by atoms with Crippen LogP contribution in [0.15, 0.2) is 53.7 Å². The lowest BCUT2D eigenvalue weighted by Gasteiger charge is -2.29. The van der Waals surface area contributed by atoms with Gasteiger partial charge in [0.05, 0.1) is 5.71 Å². The van der Waals surface area contributed by atoms with Gasteiger partial charge in [0.1, 0.15) is 6.61 Å². The molecule has 144 valence electrons. The first kappa shape index (κ1) is 19.4. The molecule has 1 aliphatic carbocycles. The maximum absolute atomic E-state index is 9.19. The number of oxime groups is 1. The third-order valence-corrected chi connectivity index (χ3v) is 5.49. The molecule has 0 saturated heterocycles. The van der Waals surface area contributed by atoms with Crippen molar-refractivity contribution in [3.05, 3.63) is 65.2 Å². The molecule has 2 aromatic carbocycles. The summed E-state index contributed by atoms with van der Waals surface area (Å²) in [6.45, 7) is 2.83. The number of aryl methyl sites for hydroxylation is 1. The van der Waals surface area contributed by atoms with Gasteiger partial charge in [0.25, 0.3) is 0 Å². The topological polar surface area (TPSA) is 67.8 Å². The highest BCUT2D eigenvalue weighted by atomic mass is 16.6. The maximum atomic E-state index is 9.19. The standard InChI is InChI=1S/C23H30N2O2/c1-17-2-8-20(9-3-17)23(21-10-4-18(5-11-21)14-15-26)25-27-16-19-6-12-22(24)13-7-19/h2-3,6-9,12-13,18,21,26H,4-5,10-11,14-16,24H2,1H3/b25-23-. The summed E-state index contributed by atoms with van der Waals surface area (Å²) >= 11 is 0. The molecule has 0 radical (unpaired) electrons. The van der Waals surface area contributed by atoms with Crippen LogP contribution < -0.4 is 5.73 Å². The summed E-state index contributed by atoms with van der Waals surface area (Å²) in [5, 5.41) is 13.8. The third-order valence-electron chi connectivity index (χ3n) is 5.49. The van der Waals surface area contributed by atoms with E-state index in [-0.39, 0.29) is 0 Å². The first-order chi connectivity index (χ1) is 13.2. The van der Waals surface area contributed by atoms with Gasteiger partial charge in [-0.2, -0.15) is 0 Å². The van der Waals surface area contributed by atoms with Crippen LogP contribution in [0.25, 0.3) is 0 Å². The molecule has 1 saturated carbocycles. The molecule has 2 aromatic rings. The van der Waals surface area contributed by atoms with Crippen molar-refractivity contribution in [2.24, 2.45) is 17.0 Å². The summed E-state index contributed by atoms with van der Waals surface area (Å²) in [7, 11) is 0. The first-order valence-electron chi connectivity index (χ1n) is 9.88. The Bertz CT molecular complexity index is 730. The summed E-state index contributed by atoms with van der Waals surface area (Å²) in [6.07, 6.45) is 5.41. The molecule has 0 aromatic heterocycles. The number of aliphatic hydroxyl groups is 1. The highest BCUT2D eigenvalue weighted by Gasteiger charge is 2.26. The second-order valence-corrected chi connectivity index (χ2v) is 7.59. The zero-order valence-electron chi connectivity index (χ0n) is 16.1. The molecule has 0 bridgehead atoms. The first-order valence-corrected chi connectivity index (χ1v) is 9.88. The van der Waals surface area contributed by atoms with Crippen molar-refractivity contribution in [1.29, 1.82) is 0 Å². The van der Waals surface area contributed by atoms with Gasteiger partial charge < -0.3 is 15.7 Å². The van der Waals surface area contributed by atoms with Crippen molar-refractivity contribution in [3.63, 3.8) is 0 Å². The highest BCUT2D eigenvalue weighted by Crippen LogP contribution is 2.33. The van der Waals surface area contributed by atoms with E-state index in [4.69, 9.17) is 10.6 Å². The van der Waals surface area contributed by atoms with Crippen LogP contribution in [0.1, 0.15) is 48.8 Å². The van der Waals surface area contributed by atoms with E-state index in [2.05, 4.69) is 36.3 Å². The number of rotatable bonds is 7. The lowest BCUT2D eigenvalue weighted by Crippen LogP contribution is -2.23. The normalized spacial score (nSPS) is 20.4. The molecular formula is C23H30N2O2. The average Bonchev–Trinajstić information content (AvgIpc) is 2.69. The largest absolute Gasteiger partial charge is 0.399 e. The molecule has 0 spiro atoms. The fourth-order valence-electron chi connectivity index (χ4n) is 3.78. The minimum atomic E-state index is 0.291. The van der Waals surface area contributed by atoms with E-state index < -0.39 is 0 Å². The Labute approximate surface area is 162 Å². The number of nitrogens with zero attached hydrogens (tertiary/aromatic N) is 1. The molecule has 0 amide bonds. The van der Waals surface area contributed by atoms with Crippen molar-refractivity contribution < 1.29 is 9.94 Å². The van der Waals surface area contributed by atoms with Crippen LogP contribution >= 0.6 is 0 Å². The lowest BCUT2D eigenvalue weighted by atomic mass is 9.77. The second kappa shape index (κ2) is 9.56. The van der Waals surface area contributed by atoms with E-state index >= 15 is 0 Å². The van der Waals surface area contributed by atoms with Crippen LogP contribution in [0.2, 0.25) is 0 Å². The molecule has 4 nitrogen and oxygen atoms in total. The molecular weight excluding hydrogens is 336 g/mol. The summed E-state index contributed by atoms with van der Waals surface area (Å²) in [5.41, 5.74) is 11.0. The number of anilines is 1. The van der Waals surface area contributed by atoms with Gasteiger partial charge in [-0.05, 0) is 68.2 Å². The number of hydrogen-bond donors (Lipinski definition) is 2. The van der Waals surface area contributed by atoms with Gasteiger partial charge in [-0.3, -0.25) is 0 Å². The second-order valence-electron chi connectivity index (χ2n) is 7.59. The van der Waals surface area contributed by atoms with Crippen molar-refractivity contribution in [1.82, 2.24) is 0 Å². The quantitative estimate of drug-likeness (QED) is 0.424. The number of benzene rings is 2. The van der Waals surface area contributed by atoms with Gasteiger partial charge in [0.15, 0.2) is 0 Å². The zero-order valence-corrected chi connectivity index (χ0v) is 16.1. The number of hydrogen-bond acceptors (Lipinski definition) is 4. The smallest absolute Gasteiger partial charge is 0.142 e. The summed E-state index contributed by atoms with van der Waals surface area (Å²) in [6, 6.07) is 16.2. The van der Waals surface area contributed by atoms with E-state index in [9.17, 15) is 5.11 Å². The molecule has 0 unspecified atom stereocenters. The van der Waals surface area contributed by atoms with Crippen LogP contribution in [-0.2, 0) is 11.4 Å². The van der Waals surface area contributed by atoms with Gasteiger partial charge in [-0.1, -0.05) is 47.1 Å².